The van der Waals surface area contributed by atoms with Crippen molar-refractivity contribution >= 4 is 15.7 Å². The van der Waals surface area contributed by atoms with Crippen LogP contribution in [0.4, 0.5) is 18.9 Å². The summed E-state index contributed by atoms with van der Waals surface area (Å²) in [6.07, 6.45) is 5.74. The number of sulfonamides is 1. The molecule has 0 fully saturated rings. The number of pyridine rings is 1. The smallest absolute Gasteiger partial charge is 0.361 e. The first kappa shape index (κ1) is 22.3. The van der Waals surface area contributed by atoms with Gasteiger partial charge in [-0.25, -0.2) is 13.4 Å². The summed E-state index contributed by atoms with van der Waals surface area (Å²) in [5.41, 5.74) is -2.59. The van der Waals surface area contributed by atoms with Crippen molar-refractivity contribution in [3.05, 3.63) is 78.1 Å². The largest absolute Gasteiger partial charge is 0.511 e. The van der Waals surface area contributed by atoms with Crippen LogP contribution in [0.5, 0.6) is 0 Å². The molecule has 4 rings (SSSR count). The van der Waals surface area contributed by atoms with Gasteiger partial charge in [-0.2, -0.15) is 17.5 Å². The van der Waals surface area contributed by atoms with Crippen molar-refractivity contribution in [2.75, 3.05) is 11.4 Å². The first-order chi connectivity index (χ1) is 15.3. The van der Waals surface area contributed by atoms with Crippen molar-refractivity contribution in [1.82, 2.24) is 19.3 Å². The van der Waals surface area contributed by atoms with Crippen LogP contribution in [0.2, 0.25) is 0 Å². The molecule has 1 aromatic carbocycles. The van der Waals surface area contributed by atoms with E-state index in [0.717, 1.165) is 11.4 Å². The topological polar surface area (TPSA) is 82.2 Å². The van der Waals surface area contributed by atoms with Crippen LogP contribution in [-0.4, -0.2) is 45.8 Å². The molecule has 0 bridgehead atoms. The molecule has 1 atom stereocenters. The van der Waals surface area contributed by atoms with Crippen LogP contribution in [0.15, 0.2) is 61.2 Å². The Kier molecular flexibility index (Phi) is 6.20. The summed E-state index contributed by atoms with van der Waals surface area (Å²) in [7, 11) is -5.50. The summed E-state index contributed by atoms with van der Waals surface area (Å²) >= 11 is 0. The van der Waals surface area contributed by atoms with E-state index in [9.17, 15) is 21.6 Å². The average Bonchev–Trinajstić information content (AvgIpc) is 3.22. The number of hydrogen-bond donors (Lipinski definition) is 1. The third-order valence-corrected chi connectivity index (χ3v) is 7.03. The lowest BCUT2D eigenvalue weighted by Crippen LogP contribution is -2.47. The van der Waals surface area contributed by atoms with Crippen LogP contribution in [0.25, 0.3) is 0 Å². The monoisotopic (exact) mass is 465 g/mol. The summed E-state index contributed by atoms with van der Waals surface area (Å²) in [6.45, 7) is -0.293. The zero-order valence-corrected chi connectivity index (χ0v) is 17.9. The van der Waals surface area contributed by atoms with Gasteiger partial charge in [-0.3, -0.25) is 4.98 Å². The van der Waals surface area contributed by atoms with Crippen molar-refractivity contribution in [1.29, 1.82) is 0 Å². The second kappa shape index (κ2) is 8.91. The van der Waals surface area contributed by atoms with Gasteiger partial charge >= 0.3 is 15.5 Å². The Morgan fingerprint density at radius 1 is 1.12 bits per heavy atom. The van der Waals surface area contributed by atoms with Crippen LogP contribution < -0.4 is 4.90 Å². The molecule has 170 valence electrons. The first-order valence-electron chi connectivity index (χ1n) is 10.0. The van der Waals surface area contributed by atoms with Crippen LogP contribution in [0.1, 0.15) is 23.4 Å². The minimum Gasteiger partial charge on any atom is -0.361 e. The zero-order valence-electron chi connectivity index (χ0n) is 17.0. The number of para-hydroxylation sites is 1. The number of aromatic nitrogens is 3. The Balaban J connectivity index is 1.73. The van der Waals surface area contributed by atoms with E-state index in [2.05, 4.69) is 15.0 Å². The molecule has 3 aromatic rings. The van der Waals surface area contributed by atoms with Gasteiger partial charge in [-0.15, -0.1) is 0 Å². The number of hydrogen-bond acceptors (Lipinski definition) is 5. The molecule has 0 saturated heterocycles. The zero-order chi connectivity index (χ0) is 22.8. The molecule has 0 amide bonds. The Labute approximate surface area is 184 Å². The lowest BCUT2D eigenvalue weighted by atomic mass is 10.1. The molecule has 0 saturated carbocycles. The van der Waals surface area contributed by atoms with Gasteiger partial charge in [0.1, 0.15) is 0 Å². The number of halogens is 3. The number of rotatable bonds is 6. The fraction of sp³-hybridized carbons (Fsp3) is 0.333. The number of aryl methyl sites for hydroxylation is 1. The Morgan fingerprint density at radius 2 is 1.91 bits per heavy atom. The molecule has 0 aliphatic carbocycles. The van der Waals surface area contributed by atoms with E-state index >= 15 is 0 Å². The maximum absolute atomic E-state index is 13.4. The Morgan fingerprint density at radius 3 is 2.59 bits per heavy atom. The maximum atomic E-state index is 13.4. The first-order valence-corrected chi connectivity index (χ1v) is 11.5. The highest BCUT2D eigenvalue weighted by Gasteiger charge is 2.51. The van der Waals surface area contributed by atoms with Gasteiger partial charge in [-0.1, -0.05) is 24.3 Å². The molecule has 7 nitrogen and oxygen atoms in total. The number of aromatic amines is 1. The van der Waals surface area contributed by atoms with E-state index in [-0.39, 0.29) is 13.1 Å². The van der Waals surface area contributed by atoms with Gasteiger partial charge in [-0.05, 0) is 36.6 Å². The lowest BCUT2D eigenvalue weighted by molar-refractivity contribution is -0.0492. The fourth-order valence-corrected chi connectivity index (χ4v) is 4.89. The molecule has 11 heteroatoms. The lowest BCUT2D eigenvalue weighted by Gasteiger charge is -2.34. The van der Waals surface area contributed by atoms with Crippen molar-refractivity contribution in [3.8, 4) is 0 Å². The van der Waals surface area contributed by atoms with Crippen molar-refractivity contribution in [2.24, 2.45) is 0 Å². The quantitative estimate of drug-likeness (QED) is 0.603. The Hall–Kier alpha value is -2.92. The summed E-state index contributed by atoms with van der Waals surface area (Å²) in [6, 6.07) is 11.9. The number of H-pyrrole nitrogens is 1. The molecule has 0 radical (unpaired) electrons. The van der Waals surface area contributed by atoms with Crippen LogP contribution in [0, 0.1) is 0 Å². The van der Waals surface area contributed by atoms with Crippen LogP contribution in [-0.2, 0) is 29.5 Å². The van der Waals surface area contributed by atoms with E-state index in [1.165, 1.54) is 6.33 Å². The normalized spacial score (nSPS) is 17.7. The maximum Gasteiger partial charge on any atom is 0.511 e. The number of benzene rings is 1. The molecular weight excluding hydrogens is 443 g/mol. The van der Waals surface area contributed by atoms with E-state index in [1.807, 2.05) is 23.1 Å². The SMILES string of the molecule is O=S(=O)(N1Cc2ccccc2N(Cc2cnc[nH]2)C(CCc2ccccn2)C1)C(F)(F)F. The molecule has 32 heavy (non-hydrogen) atoms. The molecule has 1 aliphatic rings. The highest BCUT2D eigenvalue weighted by molar-refractivity contribution is 7.89. The predicted octanol–water partition coefficient (Wildman–Crippen LogP) is 3.48. The standard InChI is InChI=1S/C21H22F3N5O2S/c22-21(23,24)32(30,31)28-12-16-5-1-2-7-20(16)29(13-18-11-25-15-27-18)19(14-28)9-8-17-6-3-4-10-26-17/h1-7,10-11,15,19H,8-9,12-14H2,(H,25,27). The van der Waals surface area contributed by atoms with Gasteiger partial charge < -0.3 is 9.88 Å². The van der Waals surface area contributed by atoms with E-state index in [0.29, 0.717) is 34.9 Å². The van der Waals surface area contributed by atoms with E-state index in [1.54, 1.807) is 36.7 Å². The van der Waals surface area contributed by atoms with Gasteiger partial charge in [0.05, 0.1) is 18.6 Å². The van der Waals surface area contributed by atoms with Crippen LogP contribution in [0.3, 0.4) is 0 Å². The molecule has 1 N–H and O–H groups in total. The van der Waals surface area contributed by atoms with Gasteiger partial charge in [0.25, 0.3) is 0 Å². The summed E-state index contributed by atoms with van der Waals surface area (Å²) in [5, 5.41) is 0. The highest BCUT2D eigenvalue weighted by atomic mass is 32.2. The number of nitrogens with one attached hydrogen (secondary N) is 1. The van der Waals surface area contributed by atoms with E-state index in [4.69, 9.17) is 0 Å². The number of nitrogens with zero attached hydrogens (tertiary/aromatic N) is 4. The molecule has 0 spiro atoms. The number of fused-ring (bicyclic) bond motifs is 1. The molecular formula is C21H22F3N5O2S. The van der Waals surface area contributed by atoms with E-state index < -0.39 is 21.6 Å². The summed E-state index contributed by atoms with van der Waals surface area (Å²) in [4.78, 5) is 13.3. The highest BCUT2D eigenvalue weighted by Crippen LogP contribution is 2.35. The van der Waals surface area contributed by atoms with Gasteiger partial charge in [0.2, 0.25) is 0 Å². The average molecular weight is 466 g/mol. The van der Waals surface area contributed by atoms with Crippen molar-refractivity contribution in [2.45, 2.75) is 37.5 Å². The molecule has 1 unspecified atom stereocenters. The predicted molar refractivity (Wildman–Crippen MR) is 113 cm³/mol. The van der Waals surface area contributed by atoms with Gasteiger partial charge in [0, 0.05) is 42.9 Å². The van der Waals surface area contributed by atoms with Crippen molar-refractivity contribution in [3.63, 3.8) is 0 Å². The third kappa shape index (κ3) is 4.63. The van der Waals surface area contributed by atoms with Gasteiger partial charge in [0.15, 0.2) is 0 Å². The molecule has 2 aromatic heterocycles. The minimum atomic E-state index is -5.50. The number of alkyl halides is 3. The number of imidazole rings is 1. The third-order valence-electron chi connectivity index (χ3n) is 5.49. The Bertz CT molecular complexity index is 1140. The molecule has 3 heterocycles. The van der Waals surface area contributed by atoms with Crippen LogP contribution >= 0.6 is 0 Å². The molecule has 1 aliphatic heterocycles. The summed E-state index contributed by atoms with van der Waals surface area (Å²) in [5.74, 6) is 0. The second-order valence-electron chi connectivity index (χ2n) is 7.59. The number of anilines is 1. The second-order valence-corrected chi connectivity index (χ2v) is 9.52. The minimum absolute atomic E-state index is 0.294. The fourth-order valence-electron chi connectivity index (χ4n) is 3.92. The van der Waals surface area contributed by atoms with Crippen molar-refractivity contribution < 1.29 is 21.6 Å². The summed E-state index contributed by atoms with van der Waals surface area (Å²) < 4.78 is 65.6.